The third kappa shape index (κ3) is 2.64. The summed E-state index contributed by atoms with van der Waals surface area (Å²) in [6, 6.07) is 9.19. The lowest BCUT2D eigenvalue weighted by Crippen LogP contribution is -2.35. The predicted molar refractivity (Wildman–Crippen MR) is 85.1 cm³/mol. The Morgan fingerprint density at radius 1 is 1.27 bits per heavy atom. The quantitative estimate of drug-likeness (QED) is 0.938. The zero-order chi connectivity index (χ0) is 15.5. The van der Waals surface area contributed by atoms with E-state index in [1.807, 2.05) is 25.2 Å². The fourth-order valence-corrected chi connectivity index (χ4v) is 3.14. The van der Waals surface area contributed by atoms with Gasteiger partial charge in [0.05, 0.1) is 18.8 Å². The maximum absolute atomic E-state index is 12.8. The highest BCUT2D eigenvalue weighted by atomic mass is 16.3. The van der Waals surface area contributed by atoms with Crippen LogP contribution in [0.1, 0.15) is 34.5 Å². The highest BCUT2D eigenvalue weighted by Crippen LogP contribution is 2.30. The number of aliphatic hydroxyl groups is 1. The molecule has 1 aliphatic rings. The molecule has 0 saturated heterocycles. The molecule has 0 bridgehead atoms. The Morgan fingerprint density at radius 3 is 2.73 bits per heavy atom. The topological polar surface area (TPSA) is 58.4 Å². The lowest BCUT2D eigenvalue weighted by atomic mass is 9.97. The van der Waals surface area contributed by atoms with Crippen LogP contribution in [0.2, 0.25) is 0 Å². The number of amides is 1. The van der Waals surface area contributed by atoms with Crippen LogP contribution in [-0.2, 0) is 19.9 Å². The van der Waals surface area contributed by atoms with E-state index in [4.69, 9.17) is 0 Å². The molecule has 5 heteroatoms. The van der Waals surface area contributed by atoms with Gasteiger partial charge in [0.1, 0.15) is 5.82 Å². The van der Waals surface area contributed by atoms with Gasteiger partial charge >= 0.3 is 0 Å². The SMILES string of the molecule is Cn1nc2c(c1N(CCO)C(=O)c1ccccc1)CCCC2. The van der Waals surface area contributed by atoms with Crippen LogP contribution in [0.5, 0.6) is 0 Å². The van der Waals surface area contributed by atoms with Gasteiger partial charge in [-0.2, -0.15) is 5.10 Å². The number of aliphatic hydroxyl groups excluding tert-OH is 1. The molecule has 0 unspecified atom stereocenters. The molecule has 0 atom stereocenters. The fourth-order valence-electron chi connectivity index (χ4n) is 3.14. The molecule has 1 aromatic carbocycles. The minimum Gasteiger partial charge on any atom is -0.395 e. The highest BCUT2D eigenvalue weighted by molar-refractivity contribution is 6.06. The maximum atomic E-state index is 12.8. The second kappa shape index (κ2) is 6.32. The molecule has 1 amide bonds. The molecule has 3 rings (SSSR count). The van der Waals surface area contributed by atoms with Gasteiger partial charge in [0, 0.05) is 18.2 Å². The Kier molecular flexibility index (Phi) is 4.24. The third-order valence-electron chi connectivity index (χ3n) is 4.13. The first-order valence-corrected chi connectivity index (χ1v) is 7.75. The molecule has 0 saturated carbocycles. The molecule has 1 heterocycles. The smallest absolute Gasteiger partial charge is 0.259 e. The van der Waals surface area contributed by atoms with Gasteiger partial charge in [-0.25, -0.2) is 0 Å². The molecule has 1 aromatic heterocycles. The predicted octanol–water partition coefficient (Wildman–Crippen LogP) is 1.94. The molecule has 0 aliphatic heterocycles. The number of nitrogens with zero attached hydrogens (tertiary/aromatic N) is 3. The fraction of sp³-hybridized carbons (Fsp3) is 0.412. The van der Waals surface area contributed by atoms with E-state index in [1.165, 1.54) is 0 Å². The maximum Gasteiger partial charge on any atom is 0.259 e. The highest BCUT2D eigenvalue weighted by Gasteiger charge is 2.27. The van der Waals surface area contributed by atoms with Crippen LogP contribution >= 0.6 is 0 Å². The summed E-state index contributed by atoms with van der Waals surface area (Å²) >= 11 is 0. The minimum atomic E-state index is -0.0916. The molecule has 5 nitrogen and oxygen atoms in total. The molecule has 2 aromatic rings. The summed E-state index contributed by atoms with van der Waals surface area (Å²) in [6.07, 6.45) is 4.19. The molecule has 1 aliphatic carbocycles. The van der Waals surface area contributed by atoms with Crippen LogP contribution in [-0.4, -0.2) is 33.9 Å². The third-order valence-corrected chi connectivity index (χ3v) is 4.13. The second-order valence-electron chi connectivity index (χ2n) is 5.63. The second-order valence-corrected chi connectivity index (χ2v) is 5.63. The number of aryl methyl sites for hydroxylation is 2. The van der Waals surface area contributed by atoms with Crippen molar-refractivity contribution in [3.8, 4) is 0 Å². The summed E-state index contributed by atoms with van der Waals surface area (Å²) in [6.45, 7) is 0.207. The van der Waals surface area contributed by atoms with Crippen molar-refractivity contribution in [2.24, 2.45) is 7.05 Å². The van der Waals surface area contributed by atoms with E-state index in [-0.39, 0.29) is 19.1 Å². The number of rotatable bonds is 4. The molecule has 0 radical (unpaired) electrons. The monoisotopic (exact) mass is 299 g/mol. The Labute approximate surface area is 130 Å². The summed E-state index contributed by atoms with van der Waals surface area (Å²) in [5.74, 6) is 0.739. The van der Waals surface area contributed by atoms with Gasteiger partial charge in [0.15, 0.2) is 0 Å². The van der Waals surface area contributed by atoms with Gasteiger partial charge < -0.3 is 5.11 Å². The van der Waals surface area contributed by atoms with Crippen molar-refractivity contribution in [3.63, 3.8) is 0 Å². The van der Waals surface area contributed by atoms with Gasteiger partial charge in [0.25, 0.3) is 5.91 Å². The van der Waals surface area contributed by atoms with Gasteiger partial charge in [-0.05, 0) is 37.8 Å². The summed E-state index contributed by atoms with van der Waals surface area (Å²) in [5.41, 5.74) is 2.88. The van der Waals surface area contributed by atoms with Crippen molar-refractivity contribution >= 4 is 11.7 Å². The van der Waals surface area contributed by atoms with Crippen molar-refractivity contribution in [2.45, 2.75) is 25.7 Å². The molecule has 116 valence electrons. The lowest BCUT2D eigenvalue weighted by molar-refractivity contribution is 0.0979. The normalized spacial score (nSPS) is 13.7. The minimum absolute atomic E-state index is 0.0709. The van der Waals surface area contributed by atoms with E-state index in [1.54, 1.807) is 21.7 Å². The number of carbonyl (C=O) groups excluding carboxylic acids is 1. The molecular weight excluding hydrogens is 278 g/mol. The summed E-state index contributed by atoms with van der Waals surface area (Å²) in [5, 5.41) is 14.0. The molecule has 0 spiro atoms. The lowest BCUT2D eigenvalue weighted by Gasteiger charge is -2.24. The standard InChI is InChI=1S/C17H21N3O2/c1-19-16(14-9-5-6-10-15(14)18-19)20(11-12-21)17(22)13-7-3-2-4-8-13/h2-4,7-8,21H,5-6,9-12H2,1H3. The van der Waals surface area contributed by atoms with Crippen LogP contribution in [0.25, 0.3) is 0 Å². The average Bonchev–Trinajstić information content (AvgIpc) is 2.88. The van der Waals surface area contributed by atoms with Crippen molar-refractivity contribution < 1.29 is 9.90 Å². The summed E-state index contributed by atoms with van der Waals surface area (Å²) in [4.78, 5) is 14.5. The first-order chi connectivity index (χ1) is 10.7. The molecular formula is C17H21N3O2. The Bertz CT molecular complexity index is 664. The van der Waals surface area contributed by atoms with E-state index >= 15 is 0 Å². The Hall–Kier alpha value is -2.14. The van der Waals surface area contributed by atoms with Gasteiger partial charge in [-0.1, -0.05) is 18.2 Å². The van der Waals surface area contributed by atoms with Crippen molar-refractivity contribution in [1.29, 1.82) is 0 Å². The van der Waals surface area contributed by atoms with E-state index < -0.39 is 0 Å². The number of aromatic nitrogens is 2. The number of fused-ring (bicyclic) bond motifs is 1. The first kappa shape index (κ1) is 14.8. The van der Waals surface area contributed by atoms with Crippen LogP contribution in [0.4, 0.5) is 5.82 Å². The van der Waals surface area contributed by atoms with Crippen LogP contribution in [0.3, 0.4) is 0 Å². The van der Waals surface area contributed by atoms with Crippen molar-refractivity contribution in [1.82, 2.24) is 9.78 Å². The van der Waals surface area contributed by atoms with Crippen LogP contribution in [0.15, 0.2) is 30.3 Å². The number of hydrogen-bond donors (Lipinski definition) is 1. The number of hydrogen-bond acceptors (Lipinski definition) is 3. The zero-order valence-corrected chi connectivity index (χ0v) is 12.8. The number of benzene rings is 1. The molecule has 1 N–H and O–H groups in total. The van der Waals surface area contributed by atoms with Gasteiger partial charge in [-0.3, -0.25) is 14.4 Å². The van der Waals surface area contributed by atoms with E-state index in [0.29, 0.717) is 5.56 Å². The van der Waals surface area contributed by atoms with Gasteiger partial charge in [0.2, 0.25) is 0 Å². The van der Waals surface area contributed by atoms with Crippen LogP contribution < -0.4 is 4.90 Å². The average molecular weight is 299 g/mol. The summed E-state index contributed by atoms with van der Waals surface area (Å²) in [7, 11) is 1.87. The molecule has 0 fully saturated rings. The van der Waals surface area contributed by atoms with Crippen molar-refractivity contribution in [2.75, 3.05) is 18.1 Å². The summed E-state index contributed by atoms with van der Waals surface area (Å²) < 4.78 is 1.78. The van der Waals surface area contributed by atoms with Gasteiger partial charge in [-0.15, -0.1) is 0 Å². The number of carbonyl (C=O) groups is 1. The van der Waals surface area contributed by atoms with E-state index in [9.17, 15) is 9.90 Å². The van der Waals surface area contributed by atoms with Crippen molar-refractivity contribution in [3.05, 3.63) is 47.2 Å². The first-order valence-electron chi connectivity index (χ1n) is 7.75. The Balaban J connectivity index is 2.01. The van der Waals surface area contributed by atoms with Crippen LogP contribution in [0, 0.1) is 0 Å². The Morgan fingerprint density at radius 2 is 2.00 bits per heavy atom. The largest absolute Gasteiger partial charge is 0.395 e. The van der Waals surface area contributed by atoms with E-state index in [0.717, 1.165) is 42.8 Å². The molecule has 22 heavy (non-hydrogen) atoms. The zero-order valence-electron chi connectivity index (χ0n) is 12.8. The number of anilines is 1. The van der Waals surface area contributed by atoms with E-state index in [2.05, 4.69) is 5.10 Å².